The number of hydrogen-bond donors (Lipinski definition) is 4. The van der Waals surface area contributed by atoms with Crippen molar-refractivity contribution in [3.8, 4) is 12.1 Å². The van der Waals surface area contributed by atoms with Crippen molar-refractivity contribution < 1.29 is 0 Å². The average Bonchev–Trinajstić information content (AvgIpc) is 3.09. The van der Waals surface area contributed by atoms with Gasteiger partial charge >= 0.3 is 0 Å². The second-order valence-electron chi connectivity index (χ2n) is 12.2. The number of nitrogens with zero attached hydrogens (tertiary/aromatic N) is 5. The van der Waals surface area contributed by atoms with Crippen LogP contribution in [0.1, 0.15) is 49.7 Å². The van der Waals surface area contributed by atoms with Gasteiger partial charge in [0, 0.05) is 71.2 Å². The van der Waals surface area contributed by atoms with Gasteiger partial charge in [-0.2, -0.15) is 10.5 Å². The van der Waals surface area contributed by atoms with Crippen molar-refractivity contribution in [1.29, 1.82) is 10.5 Å². The Bertz CT molecular complexity index is 1700. The van der Waals surface area contributed by atoms with Gasteiger partial charge < -0.3 is 31.5 Å². The number of nitriles is 2. The number of nitrogens with one attached hydrogen (secondary N) is 3. The Hall–Kier alpha value is -4.54. The summed E-state index contributed by atoms with van der Waals surface area (Å²) in [7, 11) is 0. The molecule has 0 bridgehead atoms. The van der Waals surface area contributed by atoms with Crippen molar-refractivity contribution in [2.24, 2.45) is 0 Å². The molecule has 10 heteroatoms. The van der Waals surface area contributed by atoms with Gasteiger partial charge in [0.15, 0.2) is 0 Å². The first kappa shape index (κ1) is 33.8. The van der Waals surface area contributed by atoms with Crippen LogP contribution in [-0.2, 0) is 0 Å². The summed E-state index contributed by atoms with van der Waals surface area (Å²) in [6, 6.07) is 23.2. The van der Waals surface area contributed by atoms with Gasteiger partial charge in [0.25, 0.3) is 0 Å². The lowest BCUT2D eigenvalue weighted by Gasteiger charge is -2.26. The summed E-state index contributed by atoms with van der Waals surface area (Å²) in [5.41, 5.74) is 12.1. The summed E-state index contributed by atoms with van der Waals surface area (Å²) in [4.78, 5) is 9.36. The van der Waals surface area contributed by atoms with Crippen molar-refractivity contribution in [3.63, 3.8) is 0 Å². The lowest BCUT2D eigenvalue weighted by Crippen LogP contribution is -2.33. The number of anilines is 5. The minimum atomic E-state index is 0.607. The lowest BCUT2D eigenvalue weighted by molar-refractivity contribution is 0.237. The van der Waals surface area contributed by atoms with E-state index in [1.165, 1.54) is 64.7 Å². The van der Waals surface area contributed by atoms with Crippen molar-refractivity contribution in [2.75, 3.05) is 74.0 Å². The minimum absolute atomic E-state index is 0.607. The maximum atomic E-state index is 9.45. The molecule has 3 heterocycles. The third-order valence-corrected chi connectivity index (χ3v) is 8.78. The maximum Gasteiger partial charge on any atom is 0.0993 e. The van der Waals surface area contributed by atoms with Crippen molar-refractivity contribution in [2.45, 2.75) is 38.5 Å². The van der Waals surface area contributed by atoms with Crippen molar-refractivity contribution in [1.82, 2.24) is 14.8 Å². The van der Waals surface area contributed by atoms with Crippen molar-refractivity contribution in [3.05, 3.63) is 83.0 Å². The molecule has 0 atom stereocenters. The zero-order valence-electron chi connectivity index (χ0n) is 26.9. The van der Waals surface area contributed by atoms with Crippen LogP contribution in [0.2, 0.25) is 5.02 Å². The first-order valence-electron chi connectivity index (χ1n) is 16.6. The number of fused-ring (bicyclic) bond motifs is 1. The van der Waals surface area contributed by atoms with E-state index in [-0.39, 0.29) is 0 Å². The second kappa shape index (κ2) is 17.4. The zero-order chi connectivity index (χ0) is 32.8. The highest BCUT2D eigenvalue weighted by atomic mass is 35.5. The highest BCUT2D eigenvalue weighted by molar-refractivity contribution is 6.31. The van der Waals surface area contributed by atoms with E-state index in [0.29, 0.717) is 21.8 Å². The molecule has 4 aromatic rings. The van der Waals surface area contributed by atoms with Crippen LogP contribution in [0, 0.1) is 22.7 Å². The SMILES string of the molecule is N#Cc1cc(N)cc(NCCN2CCCCC2)c1.N#Cc1cc(NCCN2CCCCC2)cc(Nc2ccnc3cc(Cl)ccc23)c1. The predicted molar refractivity (Wildman–Crippen MR) is 194 cm³/mol. The number of likely N-dealkylation sites (tertiary alicyclic amines) is 2. The molecule has 2 fully saturated rings. The molecule has 0 aliphatic carbocycles. The van der Waals surface area contributed by atoms with Gasteiger partial charge in [-0.15, -0.1) is 0 Å². The molecule has 2 aliphatic heterocycles. The Kier molecular flexibility index (Phi) is 12.5. The number of nitrogen functional groups attached to an aromatic ring is 1. The molecule has 0 amide bonds. The van der Waals surface area contributed by atoms with Gasteiger partial charge in [0.2, 0.25) is 0 Å². The van der Waals surface area contributed by atoms with Gasteiger partial charge in [-0.05, 0) is 113 Å². The van der Waals surface area contributed by atoms with Crippen LogP contribution in [-0.4, -0.2) is 67.1 Å². The number of pyridine rings is 1. The number of rotatable bonds is 10. The molecule has 0 spiro atoms. The normalized spacial score (nSPS) is 15.1. The zero-order valence-corrected chi connectivity index (χ0v) is 27.7. The summed E-state index contributed by atoms with van der Waals surface area (Å²) >= 11 is 6.09. The molecule has 47 heavy (non-hydrogen) atoms. The Morgan fingerprint density at radius 1 is 0.702 bits per heavy atom. The van der Waals surface area contributed by atoms with E-state index < -0.39 is 0 Å². The van der Waals surface area contributed by atoms with Crippen LogP contribution >= 0.6 is 11.6 Å². The summed E-state index contributed by atoms with van der Waals surface area (Å²) in [5.74, 6) is 0. The fourth-order valence-corrected chi connectivity index (χ4v) is 6.32. The van der Waals surface area contributed by atoms with Crippen molar-refractivity contribution >= 4 is 50.9 Å². The molecular formula is C37H44ClN9. The van der Waals surface area contributed by atoms with Crippen LogP contribution in [0.15, 0.2) is 66.9 Å². The molecule has 2 aliphatic rings. The molecule has 0 saturated carbocycles. The number of aromatic nitrogens is 1. The maximum absolute atomic E-state index is 9.45. The second-order valence-corrected chi connectivity index (χ2v) is 12.6. The average molecular weight is 650 g/mol. The van der Waals surface area contributed by atoms with E-state index in [2.05, 4.69) is 42.9 Å². The topological polar surface area (TPSA) is 129 Å². The Morgan fingerprint density at radius 2 is 1.28 bits per heavy atom. The third-order valence-electron chi connectivity index (χ3n) is 8.54. The molecule has 9 nitrogen and oxygen atoms in total. The standard InChI is InChI=1S/C23H24ClN5.C14H20N4/c24-18-4-5-21-22(6-7-27-23(21)14-18)28-20-13-17(16-25)12-19(15-20)26-8-11-29-9-2-1-3-10-29;15-11-12-8-13(16)10-14(9-12)17-4-7-18-5-2-1-3-6-18/h4-7,12-15,26H,1-3,8-11H2,(H,27,28);8-10,17H,1-7,16H2. The van der Waals surface area contributed by atoms with Crippen LogP contribution in [0.4, 0.5) is 28.4 Å². The molecule has 244 valence electrons. The van der Waals surface area contributed by atoms with Crippen LogP contribution in [0.25, 0.3) is 10.9 Å². The van der Waals surface area contributed by atoms with E-state index in [0.717, 1.165) is 59.8 Å². The van der Waals surface area contributed by atoms with Gasteiger partial charge in [0.05, 0.1) is 28.8 Å². The lowest BCUT2D eigenvalue weighted by atomic mass is 10.1. The highest BCUT2D eigenvalue weighted by Crippen LogP contribution is 2.29. The Balaban J connectivity index is 0.000000207. The molecule has 0 unspecified atom stereocenters. The van der Waals surface area contributed by atoms with E-state index in [4.69, 9.17) is 22.6 Å². The van der Waals surface area contributed by atoms with Gasteiger partial charge in [-0.1, -0.05) is 24.4 Å². The van der Waals surface area contributed by atoms with E-state index in [1.807, 2.05) is 54.6 Å². The minimum Gasteiger partial charge on any atom is -0.399 e. The number of halogens is 1. The van der Waals surface area contributed by atoms with Gasteiger partial charge in [-0.25, -0.2) is 0 Å². The van der Waals surface area contributed by atoms with E-state index >= 15 is 0 Å². The third kappa shape index (κ3) is 10.5. The molecular weight excluding hydrogens is 606 g/mol. The largest absolute Gasteiger partial charge is 0.399 e. The summed E-state index contributed by atoms with van der Waals surface area (Å²) in [6.07, 6.45) is 9.69. The van der Waals surface area contributed by atoms with E-state index in [1.54, 1.807) is 12.3 Å². The van der Waals surface area contributed by atoms with Gasteiger partial charge in [0.1, 0.15) is 0 Å². The molecule has 1 aromatic heterocycles. The Morgan fingerprint density at radius 3 is 1.89 bits per heavy atom. The van der Waals surface area contributed by atoms with Crippen LogP contribution in [0.5, 0.6) is 0 Å². The molecule has 5 N–H and O–H groups in total. The first-order chi connectivity index (χ1) is 23.0. The smallest absolute Gasteiger partial charge is 0.0993 e. The Labute approximate surface area is 283 Å². The summed E-state index contributed by atoms with van der Waals surface area (Å²) in [6.45, 7) is 8.63. The summed E-state index contributed by atoms with van der Waals surface area (Å²) in [5, 5.41) is 30.2. The monoisotopic (exact) mass is 649 g/mol. The predicted octanol–water partition coefficient (Wildman–Crippen LogP) is 7.44. The van der Waals surface area contributed by atoms with Crippen LogP contribution in [0.3, 0.4) is 0 Å². The number of piperidine rings is 2. The fraction of sp³-hybridized carbons (Fsp3) is 0.378. The number of hydrogen-bond acceptors (Lipinski definition) is 9. The molecule has 3 aromatic carbocycles. The molecule has 0 radical (unpaired) electrons. The highest BCUT2D eigenvalue weighted by Gasteiger charge is 2.11. The van der Waals surface area contributed by atoms with Gasteiger partial charge in [-0.3, -0.25) is 4.98 Å². The quantitative estimate of drug-likeness (QED) is 0.130. The summed E-state index contributed by atoms with van der Waals surface area (Å²) < 4.78 is 0. The fourth-order valence-electron chi connectivity index (χ4n) is 6.15. The van der Waals surface area contributed by atoms with E-state index in [9.17, 15) is 5.26 Å². The number of nitrogens with two attached hydrogens (primary N) is 1. The molecule has 2 saturated heterocycles. The first-order valence-corrected chi connectivity index (χ1v) is 17.0. The van der Waals surface area contributed by atoms with Crippen LogP contribution < -0.4 is 21.7 Å². The number of benzene rings is 3. The molecule has 6 rings (SSSR count).